The molecule has 19 heavy (non-hydrogen) atoms. The molecule has 0 N–H and O–H groups in total. The Balaban J connectivity index is 2.26. The van der Waals surface area contributed by atoms with Crippen molar-refractivity contribution in [1.29, 1.82) is 0 Å². The second-order valence-electron chi connectivity index (χ2n) is 3.75. The average Bonchev–Trinajstić information content (AvgIpc) is 2.42. The van der Waals surface area contributed by atoms with E-state index in [9.17, 15) is 10.1 Å². The summed E-state index contributed by atoms with van der Waals surface area (Å²) < 4.78 is 6.26. The van der Waals surface area contributed by atoms with Gasteiger partial charge < -0.3 is 4.74 Å². The molecule has 2 aromatic carbocycles. The van der Waals surface area contributed by atoms with Crippen LogP contribution in [-0.2, 0) is 5.88 Å². The van der Waals surface area contributed by atoms with E-state index in [0.29, 0.717) is 21.9 Å². The van der Waals surface area contributed by atoms with Crippen LogP contribution in [0.25, 0.3) is 0 Å². The summed E-state index contributed by atoms with van der Waals surface area (Å²) in [5.74, 6) is 1.42. The van der Waals surface area contributed by atoms with E-state index >= 15 is 0 Å². The van der Waals surface area contributed by atoms with Crippen molar-refractivity contribution >= 4 is 33.2 Å². The third kappa shape index (κ3) is 3.45. The standard InChI is InChI=1S/C13H9BrClNO3/c14-12-6-3-10(16(17)18)7-13(12)19-11-4-1-9(8-15)2-5-11/h1-7H,8H2. The van der Waals surface area contributed by atoms with E-state index in [0.717, 1.165) is 5.56 Å². The predicted octanol–water partition coefficient (Wildman–Crippen LogP) is 4.89. The Hall–Kier alpha value is -1.59. The fourth-order valence-corrected chi connectivity index (χ4v) is 1.96. The smallest absolute Gasteiger partial charge is 0.273 e. The highest BCUT2D eigenvalue weighted by atomic mass is 79.9. The zero-order chi connectivity index (χ0) is 13.8. The maximum atomic E-state index is 10.7. The number of rotatable bonds is 4. The van der Waals surface area contributed by atoms with E-state index in [1.165, 1.54) is 12.1 Å². The summed E-state index contributed by atoms with van der Waals surface area (Å²) in [5.41, 5.74) is 0.961. The molecule has 4 nitrogen and oxygen atoms in total. The zero-order valence-electron chi connectivity index (χ0n) is 9.68. The van der Waals surface area contributed by atoms with Gasteiger partial charge in [-0.2, -0.15) is 0 Å². The van der Waals surface area contributed by atoms with Crippen molar-refractivity contribution in [3.63, 3.8) is 0 Å². The van der Waals surface area contributed by atoms with Crippen LogP contribution in [0.5, 0.6) is 11.5 Å². The number of nitrogens with zero attached hydrogens (tertiary/aromatic N) is 1. The quantitative estimate of drug-likeness (QED) is 0.451. The molecule has 0 aliphatic carbocycles. The fourth-order valence-electron chi connectivity index (χ4n) is 1.46. The minimum Gasteiger partial charge on any atom is -0.456 e. The normalized spacial score (nSPS) is 10.2. The Morgan fingerprint density at radius 3 is 2.47 bits per heavy atom. The van der Waals surface area contributed by atoms with E-state index in [2.05, 4.69) is 15.9 Å². The van der Waals surface area contributed by atoms with Gasteiger partial charge in [0, 0.05) is 11.9 Å². The van der Waals surface area contributed by atoms with Gasteiger partial charge in [0.2, 0.25) is 0 Å². The van der Waals surface area contributed by atoms with Gasteiger partial charge in [0.15, 0.2) is 0 Å². The number of hydrogen-bond donors (Lipinski definition) is 0. The molecule has 0 aliphatic rings. The molecule has 0 heterocycles. The van der Waals surface area contributed by atoms with Crippen molar-refractivity contribution in [2.75, 3.05) is 0 Å². The maximum absolute atomic E-state index is 10.7. The van der Waals surface area contributed by atoms with Crippen LogP contribution in [0.4, 0.5) is 5.69 Å². The molecule has 0 fully saturated rings. The highest BCUT2D eigenvalue weighted by Gasteiger charge is 2.11. The third-order valence-corrected chi connectivity index (χ3v) is 3.39. The number of benzene rings is 2. The van der Waals surface area contributed by atoms with Crippen molar-refractivity contribution in [3.8, 4) is 11.5 Å². The van der Waals surface area contributed by atoms with Gasteiger partial charge in [0.05, 0.1) is 15.5 Å². The summed E-state index contributed by atoms with van der Waals surface area (Å²) in [6.45, 7) is 0. The van der Waals surface area contributed by atoms with Crippen molar-refractivity contribution in [3.05, 3.63) is 62.6 Å². The number of alkyl halides is 1. The Morgan fingerprint density at radius 2 is 1.89 bits per heavy atom. The molecule has 0 atom stereocenters. The molecule has 0 unspecified atom stereocenters. The Kier molecular flexibility index (Phi) is 4.39. The Labute approximate surface area is 123 Å². The van der Waals surface area contributed by atoms with E-state index in [1.807, 2.05) is 12.1 Å². The summed E-state index contributed by atoms with van der Waals surface area (Å²) in [4.78, 5) is 10.3. The zero-order valence-corrected chi connectivity index (χ0v) is 12.0. The van der Waals surface area contributed by atoms with Crippen molar-refractivity contribution in [2.45, 2.75) is 5.88 Å². The molecule has 0 spiro atoms. The van der Waals surface area contributed by atoms with Crippen LogP contribution < -0.4 is 4.74 Å². The highest BCUT2D eigenvalue weighted by molar-refractivity contribution is 9.10. The van der Waals surface area contributed by atoms with Crippen LogP contribution in [0.3, 0.4) is 0 Å². The number of hydrogen-bond acceptors (Lipinski definition) is 3. The molecule has 2 aromatic rings. The molecule has 0 saturated heterocycles. The number of ether oxygens (including phenoxy) is 1. The van der Waals surface area contributed by atoms with Gasteiger partial charge in [0.1, 0.15) is 11.5 Å². The lowest BCUT2D eigenvalue weighted by atomic mass is 10.2. The van der Waals surface area contributed by atoms with Crippen LogP contribution in [0.2, 0.25) is 0 Å². The first-order valence-corrected chi connectivity index (χ1v) is 6.69. The van der Waals surface area contributed by atoms with Gasteiger partial charge in [0.25, 0.3) is 5.69 Å². The molecule has 0 bridgehead atoms. The summed E-state index contributed by atoms with van der Waals surface area (Å²) in [7, 11) is 0. The van der Waals surface area contributed by atoms with Crippen LogP contribution in [0, 0.1) is 10.1 Å². The molecule has 0 aliphatic heterocycles. The van der Waals surface area contributed by atoms with Gasteiger partial charge in [-0.05, 0) is 39.7 Å². The number of non-ortho nitro benzene ring substituents is 1. The number of nitro groups is 1. The SMILES string of the molecule is O=[N+]([O-])c1ccc(Br)c(Oc2ccc(CCl)cc2)c1. The van der Waals surface area contributed by atoms with Gasteiger partial charge >= 0.3 is 0 Å². The molecular formula is C13H9BrClNO3. The van der Waals surface area contributed by atoms with Gasteiger partial charge in [-0.3, -0.25) is 10.1 Å². The summed E-state index contributed by atoms with van der Waals surface area (Å²) in [6, 6.07) is 11.6. The van der Waals surface area contributed by atoms with E-state index in [1.54, 1.807) is 18.2 Å². The first kappa shape index (κ1) is 13.8. The van der Waals surface area contributed by atoms with Crippen molar-refractivity contribution in [1.82, 2.24) is 0 Å². The van der Waals surface area contributed by atoms with Crippen LogP contribution >= 0.6 is 27.5 Å². The third-order valence-electron chi connectivity index (χ3n) is 2.43. The first-order chi connectivity index (χ1) is 9.10. The summed E-state index contributed by atoms with van der Waals surface area (Å²) >= 11 is 8.99. The van der Waals surface area contributed by atoms with Gasteiger partial charge in [-0.1, -0.05) is 12.1 Å². The molecule has 6 heteroatoms. The fraction of sp³-hybridized carbons (Fsp3) is 0.0769. The molecule has 0 saturated carbocycles. The van der Waals surface area contributed by atoms with Gasteiger partial charge in [-0.15, -0.1) is 11.6 Å². The Morgan fingerprint density at radius 1 is 1.21 bits per heavy atom. The second-order valence-corrected chi connectivity index (χ2v) is 4.87. The highest BCUT2D eigenvalue weighted by Crippen LogP contribution is 2.33. The maximum Gasteiger partial charge on any atom is 0.273 e. The second kappa shape index (κ2) is 6.04. The molecule has 2 rings (SSSR count). The molecule has 0 radical (unpaired) electrons. The lowest BCUT2D eigenvalue weighted by molar-refractivity contribution is -0.384. The van der Waals surface area contributed by atoms with Crippen LogP contribution in [0.15, 0.2) is 46.9 Å². The topological polar surface area (TPSA) is 52.4 Å². The lowest BCUT2D eigenvalue weighted by Gasteiger charge is -2.08. The molecule has 0 aromatic heterocycles. The predicted molar refractivity (Wildman–Crippen MR) is 76.9 cm³/mol. The van der Waals surface area contributed by atoms with Crippen molar-refractivity contribution < 1.29 is 9.66 Å². The summed E-state index contributed by atoms with van der Waals surface area (Å²) in [6.07, 6.45) is 0. The first-order valence-electron chi connectivity index (χ1n) is 5.37. The van der Waals surface area contributed by atoms with E-state index < -0.39 is 4.92 Å². The average molecular weight is 343 g/mol. The molecule has 0 amide bonds. The van der Waals surface area contributed by atoms with E-state index in [-0.39, 0.29) is 5.69 Å². The monoisotopic (exact) mass is 341 g/mol. The number of nitro benzene ring substituents is 1. The largest absolute Gasteiger partial charge is 0.456 e. The van der Waals surface area contributed by atoms with Crippen LogP contribution in [0.1, 0.15) is 5.56 Å². The lowest BCUT2D eigenvalue weighted by Crippen LogP contribution is -1.91. The molecule has 98 valence electrons. The van der Waals surface area contributed by atoms with Gasteiger partial charge in [-0.25, -0.2) is 0 Å². The van der Waals surface area contributed by atoms with Crippen LogP contribution in [-0.4, -0.2) is 4.92 Å². The number of halogens is 2. The minimum absolute atomic E-state index is 0.0180. The molecular weight excluding hydrogens is 334 g/mol. The Bertz CT molecular complexity index is 601. The van der Waals surface area contributed by atoms with Crippen molar-refractivity contribution in [2.24, 2.45) is 0 Å². The summed E-state index contributed by atoms with van der Waals surface area (Å²) in [5, 5.41) is 10.7. The van der Waals surface area contributed by atoms with E-state index in [4.69, 9.17) is 16.3 Å². The minimum atomic E-state index is -0.462.